The highest BCUT2D eigenvalue weighted by Gasteiger charge is 2.31. The van der Waals surface area contributed by atoms with Gasteiger partial charge in [0.05, 0.1) is 19.9 Å². The van der Waals surface area contributed by atoms with Crippen molar-refractivity contribution in [2.75, 3.05) is 14.2 Å². The van der Waals surface area contributed by atoms with Crippen LogP contribution in [0.2, 0.25) is 0 Å². The molecule has 0 bridgehead atoms. The Hall–Kier alpha value is -3.85. The molecule has 0 saturated heterocycles. The number of ketones is 1. The number of pyridine rings is 1. The minimum atomic E-state index is -0.402. The molecule has 6 nitrogen and oxygen atoms in total. The highest BCUT2D eigenvalue weighted by molar-refractivity contribution is 5.99. The standard InChI is InChI=1S/C26H24N2O4/c1-15-5-6-16(2)21(9-15)28-22-11-18(17-7-8-24(31-3)25(13-17)32-4)12-23(29)20(22)10-19(14-27)26(28)30/h5-10,13,18H,11-12H2,1-4H3/t18-/m1/s1. The Morgan fingerprint density at radius 1 is 0.969 bits per heavy atom. The summed E-state index contributed by atoms with van der Waals surface area (Å²) in [6.07, 6.45) is 0.781. The van der Waals surface area contributed by atoms with Crippen LogP contribution in [0.3, 0.4) is 0 Å². The molecule has 0 fully saturated rings. The summed E-state index contributed by atoms with van der Waals surface area (Å²) in [6.45, 7) is 3.87. The Morgan fingerprint density at radius 3 is 2.41 bits per heavy atom. The molecule has 0 saturated carbocycles. The summed E-state index contributed by atoms with van der Waals surface area (Å²) in [6, 6.07) is 14.9. The summed E-state index contributed by atoms with van der Waals surface area (Å²) in [4.78, 5) is 26.4. The average molecular weight is 428 g/mol. The largest absolute Gasteiger partial charge is 0.493 e. The molecule has 6 heteroatoms. The van der Waals surface area contributed by atoms with Crippen molar-refractivity contribution < 1.29 is 14.3 Å². The molecule has 2 aromatic carbocycles. The smallest absolute Gasteiger partial charge is 0.273 e. The molecule has 32 heavy (non-hydrogen) atoms. The zero-order valence-electron chi connectivity index (χ0n) is 18.6. The van der Waals surface area contributed by atoms with Crippen molar-refractivity contribution in [1.82, 2.24) is 4.57 Å². The monoisotopic (exact) mass is 428 g/mol. The highest BCUT2D eigenvalue weighted by Crippen LogP contribution is 2.37. The number of Topliss-reactive ketones (excluding diaryl/α,β-unsaturated/α-hetero) is 1. The van der Waals surface area contributed by atoms with Gasteiger partial charge in [0.15, 0.2) is 17.3 Å². The Morgan fingerprint density at radius 2 is 1.72 bits per heavy atom. The first-order valence-electron chi connectivity index (χ1n) is 10.4. The SMILES string of the molecule is COc1ccc([C@H]2CC(=O)c3cc(C#N)c(=O)n(-c4cc(C)ccc4C)c3C2)cc1OC. The lowest BCUT2D eigenvalue weighted by Crippen LogP contribution is -2.32. The van der Waals surface area contributed by atoms with Crippen LogP contribution >= 0.6 is 0 Å². The molecule has 0 aliphatic heterocycles. The summed E-state index contributed by atoms with van der Waals surface area (Å²) in [5.41, 5.74) is 4.18. The van der Waals surface area contributed by atoms with Crippen molar-refractivity contribution in [3.8, 4) is 23.3 Å². The number of fused-ring (bicyclic) bond motifs is 1. The fourth-order valence-electron chi connectivity index (χ4n) is 4.37. The molecule has 0 radical (unpaired) electrons. The van der Waals surface area contributed by atoms with Gasteiger partial charge in [-0.05, 0) is 67.1 Å². The Balaban J connectivity index is 1.92. The van der Waals surface area contributed by atoms with Gasteiger partial charge in [-0.25, -0.2) is 0 Å². The Bertz CT molecular complexity index is 1330. The number of aromatic nitrogens is 1. The van der Waals surface area contributed by atoms with E-state index in [1.807, 2.05) is 56.3 Å². The zero-order chi connectivity index (χ0) is 23.0. The third-order valence-electron chi connectivity index (χ3n) is 6.08. The van der Waals surface area contributed by atoms with Gasteiger partial charge in [0, 0.05) is 17.7 Å². The number of ether oxygens (including phenoxy) is 2. The van der Waals surface area contributed by atoms with Gasteiger partial charge in [-0.15, -0.1) is 0 Å². The maximum absolute atomic E-state index is 13.3. The fraction of sp³-hybridized carbons (Fsp3) is 0.269. The van der Waals surface area contributed by atoms with Crippen LogP contribution in [-0.2, 0) is 6.42 Å². The van der Waals surface area contributed by atoms with E-state index >= 15 is 0 Å². The van der Waals surface area contributed by atoms with E-state index in [1.165, 1.54) is 6.07 Å². The minimum absolute atomic E-state index is 0.0254. The third-order valence-corrected chi connectivity index (χ3v) is 6.08. The molecular formula is C26H24N2O4. The van der Waals surface area contributed by atoms with E-state index in [1.54, 1.807) is 18.8 Å². The van der Waals surface area contributed by atoms with Crippen LogP contribution in [0.25, 0.3) is 5.69 Å². The zero-order valence-corrected chi connectivity index (χ0v) is 18.6. The second kappa shape index (κ2) is 8.35. The molecule has 0 amide bonds. The number of benzene rings is 2. The summed E-state index contributed by atoms with van der Waals surface area (Å²) in [5.74, 6) is 1.000. The van der Waals surface area contributed by atoms with Gasteiger partial charge in [-0.1, -0.05) is 18.2 Å². The number of nitriles is 1. The predicted molar refractivity (Wildman–Crippen MR) is 121 cm³/mol. The molecule has 0 unspecified atom stereocenters. The normalized spacial score (nSPS) is 15.1. The lowest BCUT2D eigenvalue weighted by atomic mass is 9.81. The van der Waals surface area contributed by atoms with E-state index in [-0.39, 0.29) is 17.3 Å². The summed E-state index contributed by atoms with van der Waals surface area (Å²) in [5, 5.41) is 9.54. The molecule has 0 spiro atoms. The predicted octanol–water partition coefficient (Wildman–Crippen LogP) is 4.26. The Labute approximate surface area is 186 Å². The summed E-state index contributed by atoms with van der Waals surface area (Å²) in [7, 11) is 3.15. The first kappa shape index (κ1) is 21.4. The van der Waals surface area contributed by atoms with Crippen LogP contribution in [-0.4, -0.2) is 24.6 Å². The van der Waals surface area contributed by atoms with Crippen molar-refractivity contribution in [2.45, 2.75) is 32.6 Å². The van der Waals surface area contributed by atoms with Gasteiger partial charge in [-0.3, -0.25) is 14.2 Å². The lowest BCUT2D eigenvalue weighted by Gasteiger charge is -2.28. The molecule has 1 aliphatic rings. The van der Waals surface area contributed by atoms with Crippen LogP contribution in [0.4, 0.5) is 0 Å². The maximum atomic E-state index is 13.3. The van der Waals surface area contributed by atoms with Crippen molar-refractivity contribution in [3.63, 3.8) is 0 Å². The number of carbonyl (C=O) groups excluding carboxylic acids is 1. The van der Waals surface area contributed by atoms with E-state index in [2.05, 4.69) is 0 Å². The van der Waals surface area contributed by atoms with E-state index in [0.29, 0.717) is 41.3 Å². The van der Waals surface area contributed by atoms with Crippen LogP contribution in [0.5, 0.6) is 11.5 Å². The van der Waals surface area contributed by atoms with Crippen molar-refractivity contribution in [3.05, 3.63) is 86.3 Å². The number of aryl methyl sites for hydroxylation is 2. The van der Waals surface area contributed by atoms with Gasteiger partial charge < -0.3 is 9.47 Å². The topological polar surface area (TPSA) is 81.3 Å². The molecular weight excluding hydrogens is 404 g/mol. The lowest BCUT2D eigenvalue weighted by molar-refractivity contribution is 0.0962. The second-order valence-electron chi connectivity index (χ2n) is 8.10. The molecule has 1 atom stereocenters. The first-order valence-corrected chi connectivity index (χ1v) is 10.4. The van der Waals surface area contributed by atoms with Crippen molar-refractivity contribution >= 4 is 5.78 Å². The van der Waals surface area contributed by atoms with Crippen molar-refractivity contribution in [2.24, 2.45) is 0 Å². The van der Waals surface area contributed by atoms with E-state index < -0.39 is 5.56 Å². The molecule has 162 valence electrons. The molecule has 1 aliphatic carbocycles. The number of carbonyl (C=O) groups is 1. The number of methoxy groups -OCH3 is 2. The first-order chi connectivity index (χ1) is 15.4. The van der Waals surface area contributed by atoms with Gasteiger partial charge in [0.25, 0.3) is 5.56 Å². The number of hydrogen-bond donors (Lipinski definition) is 0. The van der Waals surface area contributed by atoms with Crippen LogP contribution in [0.1, 0.15) is 50.6 Å². The van der Waals surface area contributed by atoms with Crippen LogP contribution in [0.15, 0.2) is 47.3 Å². The summed E-state index contributed by atoms with van der Waals surface area (Å²) < 4.78 is 12.3. The number of hydrogen-bond acceptors (Lipinski definition) is 5. The number of nitrogens with zero attached hydrogens (tertiary/aromatic N) is 2. The molecule has 0 N–H and O–H groups in total. The van der Waals surface area contributed by atoms with Crippen LogP contribution < -0.4 is 15.0 Å². The van der Waals surface area contributed by atoms with Crippen LogP contribution in [0, 0.1) is 25.2 Å². The average Bonchev–Trinajstić information content (AvgIpc) is 2.80. The second-order valence-corrected chi connectivity index (χ2v) is 8.10. The number of rotatable bonds is 4. The quantitative estimate of drug-likeness (QED) is 0.620. The van der Waals surface area contributed by atoms with Gasteiger partial charge in [0.1, 0.15) is 11.6 Å². The van der Waals surface area contributed by atoms with E-state index in [0.717, 1.165) is 16.7 Å². The maximum Gasteiger partial charge on any atom is 0.273 e. The van der Waals surface area contributed by atoms with E-state index in [9.17, 15) is 14.9 Å². The Kier molecular flexibility index (Phi) is 5.58. The molecule has 1 aromatic heterocycles. The third kappa shape index (κ3) is 3.56. The van der Waals surface area contributed by atoms with Gasteiger partial charge >= 0.3 is 0 Å². The molecule has 4 rings (SSSR count). The minimum Gasteiger partial charge on any atom is -0.493 e. The van der Waals surface area contributed by atoms with E-state index in [4.69, 9.17) is 9.47 Å². The fourth-order valence-corrected chi connectivity index (χ4v) is 4.37. The highest BCUT2D eigenvalue weighted by atomic mass is 16.5. The van der Waals surface area contributed by atoms with Crippen molar-refractivity contribution in [1.29, 1.82) is 5.26 Å². The molecule has 3 aromatic rings. The van der Waals surface area contributed by atoms with Gasteiger partial charge in [0.2, 0.25) is 0 Å². The molecule has 1 heterocycles. The van der Waals surface area contributed by atoms with Gasteiger partial charge in [-0.2, -0.15) is 5.26 Å². The summed E-state index contributed by atoms with van der Waals surface area (Å²) >= 11 is 0.